The van der Waals surface area contributed by atoms with E-state index in [0.717, 1.165) is 0 Å². The van der Waals surface area contributed by atoms with Crippen LogP contribution >= 0.6 is 11.8 Å². The molecule has 96 valence electrons. The molecule has 1 amide bonds. The molecular formula is C10H14N6OS. The van der Waals surface area contributed by atoms with Gasteiger partial charge in [-0.2, -0.15) is 0 Å². The molecule has 0 aliphatic rings. The van der Waals surface area contributed by atoms with Crippen LogP contribution in [0.1, 0.15) is 13.8 Å². The third-order valence-electron chi connectivity index (χ3n) is 2.28. The normalized spacial score (nSPS) is 10.8. The zero-order valence-corrected chi connectivity index (χ0v) is 11.1. The molecule has 2 heterocycles. The summed E-state index contributed by atoms with van der Waals surface area (Å²) >= 11 is 1.34. The fourth-order valence-corrected chi connectivity index (χ4v) is 2.23. The predicted octanol–water partition coefficient (Wildman–Crippen LogP) is 0.469. The van der Waals surface area contributed by atoms with Gasteiger partial charge in [0.2, 0.25) is 5.91 Å². The van der Waals surface area contributed by atoms with Crippen molar-refractivity contribution in [2.75, 3.05) is 12.3 Å². The highest BCUT2D eigenvalue weighted by Crippen LogP contribution is 2.21. The molecule has 0 atom stereocenters. The summed E-state index contributed by atoms with van der Waals surface area (Å²) in [6.45, 7) is 5.19. The van der Waals surface area contributed by atoms with E-state index in [0.29, 0.717) is 35.0 Å². The molecule has 0 radical (unpaired) electrons. The van der Waals surface area contributed by atoms with Gasteiger partial charge in [0, 0.05) is 13.1 Å². The van der Waals surface area contributed by atoms with Crippen molar-refractivity contribution in [2.24, 2.45) is 0 Å². The van der Waals surface area contributed by atoms with Crippen LogP contribution in [-0.2, 0) is 11.3 Å². The molecule has 8 heteroatoms. The average molecular weight is 266 g/mol. The Morgan fingerprint density at radius 3 is 3.00 bits per heavy atom. The van der Waals surface area contributed by atoms with Gasteiger partial charge in [-0.05, 0) is 13.8 Å². The Bertz CT molecular complexity index is 554. The molecule has 0 aliphatic carbocycles. The highest BCUT2D eigenvalue weighted by atomic mass is 32.2. The smallest absolute Gasteiger partial charge is 0.230 e. The lowest BCUT2D eigenvalue weighted by molar-refractivity contribution is -0.118. The Labute approximate surface area is 108 Å². The summed E-state index contributed by atoms with van der Waals surface area (Å²) in [5.41, 5.74) is 1.35. The second kappa shape index (κ2) is 5.76. The summed E-state index contributed by atoms with van der Waals surface area (Å²) in [5.74, 6) is 0.302. The van der Waals surface area contributed by atoms with Gasteiger partial charge in [0.05, 0.1) is 5.75 Å². The third kappa shape index (κ3) is 2.58. The first kappa shape index (κ1) is 12.7. The molecule has 0 saturated carbocycles. The SMILES string of the molecule is CCNC(=O)CSc1ncnc2c1nnn2CC. The Balaban J connectivity index is 2.18. The van der Waals surface area contributed by atoms with Crippen molar-refractivity contribution in [3.63, 3.8) is 0 Å². The lowest BCUT2D eigenvalue weighted by atomic mass is 10.5. The number of aryl methyl sites for hydroxylation is 1. The number of thioether (sulfide) groups is 1. The zero-order valence-electron chi connectivity index (χ0n) is 10.3. The molecule has 2 rings (SSSR count). The van der Waals surface area contributed by atoms with Gasteiger partial charge in [0.1, 0.15) is 11.4 Å². The molecule has 0 unspecified atom stereocenters. The van der Waals surface area contributed by atoms with Crippen molar-refractivity contribution in [3.8, 4) is 0 Å². The molecular weight excluding hydrogens is 252 g/mol. The fourth-order valence-electron chi connectivity index (χ4n) is 1.47. The maximum atomic E-state index is 11.4. The molecule has 0 fully saturated rings. The van der Waals surface area contributed by atoms with E-state index in [1.165, 1.54) is 18.1 Å². The summed E-state index contributed by atoms with van der Waals surface area (Å²) < 4.78 is 1.70. The standard InChI is InChI=1S/C10H14N6OS/c1-3-11-7(17)5-18-10-8-9(12-6-13-10)16(4-2)15-14-8/h6H,3-5H2,1-2H3,(H,11,17). The van der Waals surface area contributed by atoms with E-state index in [4.69, 9.17) is 0 Å². The van der Waals surface area contributed by atoms with Crippen LogP contribution in [0, 0.1) is 0 Å². The molecule has 0 aromatic carbocycles. The Morgan fingerprint density at radius 2 is 2.28 bits per heavy atom. The highest BCUT2D eigenvalue weighted by molar-refractivity contribution is 8.00. The molecule has 7 nitrogen and oxygen atoms in total. The number of hydrogen-bond acceptors (Lipinski definition) is 6. The number of carbonyl (C=O) groups is 1. The highest BCUT2D eigenvalue weighted by Gasteiger charge is 2.12. The van der Waals surface area contributed by atoms with Crippen molar-refractivity contribution in [2.45, 2.75) is 25.4 Å². The lowest BCUT2D eigenvalue weighted by Crippen LogP contribution is -2.24. The summed E-state index contributed by atoms with van der Waals surface area (Å²) in [6.07, 6.45) is 1.47. The van der Waals surface area contributed by atoms with Gasteiger partial charge in [-0.3, -0.25) is 4.79 Å². The maximum absolute atomic E-state index is 11.4. The van der Waals surface area contributed by atoms with Crippen LogP contribution in [-0.4, -0.2) is 43.2 Å². The first-order valence-electron chi connectivity index (χ1n) is 5.70. The van der Waals surface area contributed by atoms with Gasteiger partial charge >= 0.3 is 0 Å². The fraction of sp³-hybridized carbons (Fsp3) is 0.500. The lowest BCUT2D eigenvalue weighted by Gasteiger charge is -2.02. The van der Waals surface area contributed by atoms with E-state index in [2.05, 4.69) is 25.6 Å². The molecule has 1 N–H and O–H groups in total. The van der Waals surface area contributed by atoms with Crippen molar-refractivity contribution in [3.05, 3.63) is 6.33 Å². The molecule has 2 aromatic heterocycles. The van der Waals surface area contributed by atoms with Crippen LogP contribution in [0.5, 0.6) is 0 Å². The second-order valence-corrected chi connectivity index (χ2v) is 4.46. The Morgan fingerprint density at radius 1 is 1.44 bits per heavy atom. The third-order valence-corrected chi connectivity index (χ3v) is 3.26. The van der Waals surface area contributed by atoms with E-state index in [1.54, 1.807) is 4.68 Å². The number of amides is 1. The molecule has 0 bridgehead atoms. The van der Waals surface area contributed by atoms with Crippen LogP contribution < -0.4 is 5.32 Å². The molecule has 0 aliphatic heterocycles. The first-order valence-corrected chi connectivity index (χ1v) is 6.68. The van der Waals surface area contributed by atoms with Crippen LogP contribution in [0.25, 0.3) is 11.2 Å². The number of carbonyl (C=O) groups excluding carboxylic acids is 1. The summed E-state index contributed by atoms with van der Waals surface area (Å²) in [7, 11) is 0. The van der Waals surface area contributed by atoms with Crippen molar-refractivity contribution in [1.82, 2.24) is 30.3 Å². The number of rotatable bonds is 5. The summed E-state index contributed by atoms with van der Waals surface area (Å²) in [4.78, 5) is 19.7. The molecule has 18 heavy (non-hydrogen) atoms. The van der Waals surface area contributed by atoms with E-state index < -0.39 is 0 Å². The first-order chi connectivity index (χ1) is 8.76. The topological polar surface area (TPSA) is 85.6 Å². The van der Waals surface area contributed by atoms with E-state index in [-0.39, 0.29) is 5.91 Å². The molecule has 0 saturated heterocycles. The predicted molar refractivity (Wildman–Crippen MR) is 68.2 cm³/mol. The summed E-state index contributed by atoms with van der Waals surface area (Å²) in [6, 6.07) is 0. The van der Waals surface area contributed by atoms with Gasteiger partial charge in [0.15, 0.2) is 11.2 Å². The number of hydrogen-bond donors (Lipinski definition) is 1. The number of aromatic nitrogens is 5. The number of fused-ring (bicyclic) bond motifs is 1. The van der Waals surface area contributed by atoms with Crippen molar-refractivity contribution in [1.29, 1.82) is 0 Å². The minimum Gasteiger partial charge on any atom is -0.356 e. The summed E-state index contributed by atoms with van der Waals surface area (Å²) in [5, 5.41) is 11.5. The average Bonchev–Trinajstić information content (AvgIpc) is 2.80. The van der Waals surface area contributed by atoms with E-state index in [1.807, 2.05) is 13.8 Å². The Hall–Kier alpha value is -1.70. The molecule has 2 aromatic rings. The zero-order chi connectivity index (χ0) is 13.0. The quantitative estimate of drug-likeness (QED) is 0.625. The number of nitrogens with one attached hydrogen (secondary N) is 1. The Kier molecular flexibility index (Phi) is 4.08. The minimum atomic E-state index is -0.0165. The largest absolute Gasteiger partial charge is 0.356 e. The monoisotopic (exact) mass is 266 g/mol. The minimum absolute atomic E-state index is 0.0165. The van der Waals surface area contributed by atoms with Gasteiger partial charge in [-0.1, -0.05) is 17.0 Å². The van der Waals surface area contributed by atoms with Crippen molar-refractivity contribution < 1.29 is 4.79 Å². The number of nitrogens with zero attached hydrogens (tertiary/aromatic N) is 5. The maximum Gasteiger partial charge on any atom is 0.230 e. The molecule has 0 spiro atoms. The van der Waals surface area contributed by atoms with Gasteiger partial charge in [-0.15, -0.1) is 5.10 Å². The van der Waals surface area contributed by atoms with Gasteiger partial charge in [-0.25, -0.2) is 14.6 Å². The van der Waals surface area contributed by atoms with Crippen LogP contribution in [0.3, 0.4) is 0 Å². The van der Waals surface area contributed by atoms with Crippen LogP contribution in [0.2, 0.25) is 0 Å². The van der Waals surface area contributed by atoms with E-state index in [9.17, 15) is 4.79 Å². The van der Waals surface area contributed by atoms with Crippen LogP contribution in [0.4, 0.5) is 0 Å². The van der Waals surface area contributed by atoms with Crippen molar-refractivity contribution >= 4 is 28.8 Å². The second-order valence-electron chi connectivity index (χ2n) is 3.50. The van der Waals surface area contributed by atoms with Crippen LogP contribution in [0.15, 0.2) is 11.4 Å². The van der Waals surface area contributed by atoms with E-state index >= 15 is 0 Å². The van der Waals surface area contributed by atoms with Gasteiger partial charge in [0.25, 0.3) is 0 Å². The van der Waals surface area contributed by atoms with Gasteiger partial charge < -0.3 is 5.32 Å².